The lowest BCUT2D eigenvalue weighted by Gasteiger charge is -2.14. The van der Waals surface area contributed by atoms with Crippen LogP contribution < -0.4 is 10.5 Å². The van der Waals surface area contributed by atoms with Crippen molar-refractivity contribution in [3.63, 3.8) is 0 Å². The van der Waals surface area contributed by atoms with Gasteiger partial charge in [0.25, 0.3) is 0 Å². The third-order valence-corrected chi connectivity index (χ3v) is 6.09. The maximum atomic E-state index is 12.5. The molecule has 3 N–H and O–H groups in total. The van der Waals surface area contributed by atoms with Gasteiger partial charge in [-0.2, -0.15) is 0 Å². The maximum Gasteiger partial charge on any atom is 0.241 e. The molecule has 1 aromatic heterocycles. The van der Waals surface area contributed by atoms with Gasteiger partial charge in [-0.15, -0.1) is 11.3 Å². The fraction of sp³-hybridized carbons (Fsp3) is 0.333. The first-order valence-electron chi connectivity index (χ1n) is 6.72. The number of hydrogen-bond acceptors (Lipinski definition) is 4. The van der Waals surface area contributed by atoms with Crippen LogP contribution in [0, 0.1) is 13.8 Å². The number of nitrogens with two attached hydrogens (primary N) is 1. The molecule has 6 heteroatoms. The largest absolute Gasteiger partial charge is 0.326 e. The molecule has 0 bridgehead atoms. The molecule has 2 aromatic rings. The van der Waals surface area contributed by atoms with Crippen LogP contribution in [0.25, 0.3) is 0 Å². The van der Waals surface area contributed by atoms with Gasteiger partial charge in [0.1, 0.15) is 0 Å². The highest BCUT2D eigenvalue weighted by atomic mass is 32.2. The Morgan fingerprint density at radius 3 is 2.52 bits per heavy atom. The average molecular weight is 324 g/mol. The topological polar surface area (TPSA) is 72.2 Å². The third-order valence-electron chi connectivity index (χ3n) is 3.37. The van der Waals surface area contributed by atoms with Crippen LogP contribution in [0.15, 0.2) is 35.2 Å². The van der Waals surface area contributed by atoms with Gasteiger partial charge in [-0.3, -0.25) is 0 Å². The lowest BCUT2D eigenvalue weighted by molar-refractivity contribution is 0.568. The summed E-state index contributed by atoms with van der Waals surface area (Å²) in [6, 6.07) is 8.73. The van der Waals surface area contributed by atoms with E-state index in [9.17, 15) is 8.42 Å². The Hall–Kier alpha value is -1.21. The molecule has 0 fully saturated rings. The molecule has 1 heterocycles. The summed E-state index contributed by atoms with van der Waals surface area (Å²) in [5, 5.41) is 0. The van der Waals surface area contributed by atoms with Crippen LogP contribution in [0.2, 0.25) is 0 Å². The van der Waals surface area contributed by atoms with Gasteiger partial charge in [-0.1, -0.05) is 6.07 Å². The molecule has 0 spiro atoms. The van der Waals surface area contributed by atoms with E-state index >= 15 is 0 Å². The molecule has 0 amide bonds. The van der Waals surface area contributed by atoms with E-state index in [1.807, 2.05) is 32.9 Å². The van der Waals surface area contributed by atoms with Gasteiger partial charge in [0.05, 0.1) is 10.9 Å². The van der Waals surface area contributed by atoms with E-state index in [1.54, 1.807) is 29.5 Å². The van der Waals surface area contributed by atoms with E-state index < -0.39 is 10.0 Å². The van der Waals surface area contributed by atoms with Crippen molar-refractivity contribution in [3.05, 3.63) is 51.2 Å². The van der Waals surface area contributed by atoms with Crippen LogP contribution in [0.5, 0.6) is 0 Å². The van der Waals surface area contributed by atoms with Crippen LogP contribution in [0.1, 0.15) is 33.8 Å². The molecule has 0 saturated heterocycles. The minimum atomic E-state index is -3.55. The van der Waals surface area contributed by atoms with Crippen molar-refractivity contribution in [1.82, 2.24) is 4.72 Å². The Bertz CT molecular complexity index is 736. The zero-order valence-electron chi connectivity index (χ0n) is 12.4. The third kappa shape index (κ3) is 3.71. The highest BCUT2D eigenvalue weighted by Gasteiger charge is 2.19. The predicted octanol–water partition coefficient (Wildman–Crippen LogP) is 2.86. The van der Waals surface area contributed by atoms with Crippen LogP contribution in [-0.2, 0) is 16.6 Å². The fourth-order valence-electron chi connectivity index (χ4n) is 2.08. The summed E-state index contributed by atoms with van der Waals surface area (Å²) in [5.41, 5.74) is 7.49. The lowest BCUT2D eigenvalue weighted by Crippen LogP contribution is -2.26. The van der Waals surface area contributed by atoms with Gasteiger partial charge in [-0.05, 0) is 56.2 Å². The molecule has 114 valence electrons. The molecule has 0 radical (unpaired) electrons. The number of aryl methyl sites for hydroxylation is 2. The SMILES string of the molecule is Cc1ccc(C(C)NS(=O)(=O)c2ccc(C)c(CN)c2)s1. The van der Waals surface area contributed by atoms with Crippen molar-refractivity contribution in [2.24, 2.45) is 5.73 Å². The Labute approximate surface area is 130 Å². The van der Waals surface area contributed by atoms with Crippen molar-refractivity contribution in [2.45, 2.75) is 38.3 Å². The first kappa shape index (κ1) is 16.2. The summed E-state index contributed by atoms with van der Waals surface area (Å²) in [6.45, 7) is 6.10. The fourth-order valence-corrected chi connectivity index (χ4v) is 4.31. The smallest absolute Gasteiger partial charge is 0.241 e. The van der Waals surface area contributed by atoms with Gasteiger partial charge < -0.3 is 5.73 Å². The maximum absolute atomic E-state index is 12.5. The first-order chi connectivity index (χ1) is 9.83. The van der Waals surface area contributed by atoms with E-state index in [2.05, 4.69) is 4.72 Å². The van der Waals surface area contributed by atoms with E-state index in [4.69, 9.17) is 5.73 Å². The monoisotopic (exact) mass is 324 g/mol. The zero-order valence-corrected chi connectivity index (χ0v) is 14.0. The molecule has 21 heavy (non-hydrogen) atoms. The van der Waals surface area contributed by atoms with Crippen LogP contribution >= 0.6 is 11.3 Å². The molecule has 1 unspecified atom stereocenters. The Balaban J connectivity index is 2.26. The molecule has 0 aliphatic rings. The van der Waals surface area contributed by atoms with Gasteiger partial charge in [0, 0.05) is 16.3 Å². The van der Waals surface area contributed by atoms with E-state index in [0.29, 0.717) is 6.54 Å². The van der Waals surface area contributed by atoms with E-state index in [-0.39, 0.29) is 10.9 Å². The molecule has 2 rings (SSSR count). The number of nitrogens with one attached hydrogen (secondary N) is 1. The van der Waals surface area contributed by atoms with Gasteiger partial charge in [-0.25, -0.2) is 13.1 Å². The summed E-state index contributed by atoms with van der Waals surface area (Å²) >= 11 is 1.59. The summed E-state index contributed by atoms with van der Waals surface area (Å²) in [6.07, 6.45) is 0. The van der Waals surface area contributed by atoms with Crippen molar-refractivity contribution < 1.29 is 8.42 Å². The highest BCUT2D eigenvalue weighted by Crippen LogP contribution is 2.24. The summed E-state index contributed by atoms with van der Waals surface area (Å²) in [4.78, 5) is 2.42. The molecule has 1 aromatic carbocycles. The second-order valence-electron chi connectivity index (χ2n) is 5.08. The summed E-state index contributed by atoms with van der Waals surface area (Å²) in [7, 11) is -3.55. The minimum absolute atomic E-state index is 0.253. The van der Waals surface area contributed by atoms with Crippen LogP contribution in [0.3, 0.4) is 0 Å². The first-order valence-corrected chi connectivity index (χ1v) is 9.01. The predicted molar refractivity (Wildman–Crippen MR) is 86.9 cm³/mol. The number of sulfonamides is 1. The van der Waals surface area contributed by atoms with Gasteiger partial charge in [0.2, 0.25) is 10.0 Å². The molecule has 4 nitrogen and oxygen atoms in total. The number of benzene rings is 1. The van der Waals surface area contributed by atoms with E-state index in [0.717, 1.165) is 20.9 Å². The Morgan fingerprint density at radius 2 is 1.95 bits per heavy atom. The summed E-state index contributed by atoms with van der Waals surface area (Å²) < 4.78 is 27.6. The summed E-state index contributed by atoms with van der Waals surface area (Å²) in [5.74, 6) is 0. The van der Waals surface area contributed by atoms with E-state index in [1.165, 1.54) is 0 Å². The second kappa shape index (κ2) is 6.27. The van der Waals surface area contributed by atoms with Gasteiger partial charge in [0.15, 0.2) is 0 Å². The van der Waals surface area contributed by atoms with Crippen molar-refractivity contribution in [1.29, 1.82) is 0 Å². The molecule has 0 aliphatic heterocycles. The average Bonchev–Trinajstić information content (AvgIpc) is 2.85. The quantitative estimate of drug-likeness (QED) is 0.888. The molecule has 0 saturated carbocycles. The number of thiophene rings is 1. The van der Waals surface area contributed by atoms with Crippen molar-refractivity contribution in [2.75, 3.05) is 0 Å². The molecule has 1 atom stereocenters. The highest BCUT2D eigenvalue weighted by molar-refractivity contribution is 7.89. The Morgan fingerprint density at radius 1 is 1.24 bits per heavy atom. The minimum Gasteiger partial charge on any atom is -0.326 e. The normalized spacial score (nSPS) is 13.3. The number of rotatable bonds is 5. The van der Waals surface area contributed by atoms with Crippen molar-refractivity contribution >= 4 is 21.4 Å². The lowest BCUT2D eigenvalue weighted by atomic mass is 10.1. The molecular formula is C15H20N2O2S2. The second-order valence-corrected chi connectivity index (χ2v) is 8.12. The van der Waals surface area contributed by atoms with Crippen LogP contribution in [-0.4, -0.2) is 8.42 Å². The molecular weight excluding hydrogens is 304 g/mol. The Kier molecular flexibility index (Phi) is 4.83. The molecule has 0 aliphatic carbocycles. The van der Waals surface area contributed by atoms with Crippen molar-refractivity contribution in [3.8, 4) is 0 Å². The number of hydrogen-bond donors (Lipinski definition) is 2. The van der Waals surface area contributed by atoms with Crippen LogP contribution in [0.4, 0.5) is 0 Å². The zero-order chi connectivity index (χ0) is 15.6. The van der Waals surface area contributed by atoms with Gasteiger partial charge >= 0.3 is 0 Å². The standard InChI is InChI=1S/C15H20N2O2S2/c1-10-4-6-14(8-13(10)9-16)21(18,19)17-12(3)15-7-5-11(2)20-15/h4-8,12,17H,9,16H2,1-3H3.